The molecular formula is C23H29NO4S2. The number of sulfone groups is 1. The number of piperidine rings is 1. The van der Waals surface area contributed by atoms with Crippen LogP contribution in [0.5, 0.6) is 5.75 Å². The third-order valence-corrected chi connectivity index (χ3v) is 8.57. The number of benzene rings is 2. The van der Waals surface area contributed by atoms with Crippen LogP contribution in [0, 0.1) is 0 Å². The monoisotopic (exact) mass is 447 g/mol. The van der Waals surface area contributed by atoms with Crippen molar-refractivity contribution in [3.8, 4) is 5.75 Å². The Bertz CT molecular complexity index is 946. The summed E-state index contributed by atoms with van der Waals surface area (Å²) in [6, 6.07) is 14.6. The van der Waals surface area contributed by atoms with E-state index in [1.165, 1.54) is 4.90 Å². The second-order valence-electron chi connectivity index (χ2n) is 7.79. The molecule has 0 N–H and O–H groups in total. The Hall–Kier alpha value is -1.99. The van der Waals surface area contributed by atoms with Crippen molar-refractivity contribution in [2.24, 2.45) is 0 Å². The molecule has 0 aromatic heterocycles. The van der Waals surface area contributed by atoms with Crippen LogP contribution in [-0.2, 0) is 21.1 Å². The molecule has 1 aliphatic rings. The zero-order valence-electron chi connectivity index (χ0n) is 17.7. The molecule has 0 radical (unpaired) electrons. The summed E-state index contributed by atoms with van der Waals surface area (Å²) in [5.74, 6) is 0.685. The fourth-order valence-corrected chi connectivity index (χ4v) is 6.19. The molecule has 0 unspecified atom stereocenters. The van der Waals surface area contributed by atoms with Crippen molar-refractivity contribution < 1.29 is 17.9 Å². The van der Waals surface area contributed by atoms with E-state index in [0.717, 1.165) is 5.56 Å². The molecule has 0 spiro atoms. The molecule has 3 rings (SSSR count). The van der Waals surface area contributed by atoms with Crippen molar-refractivity contribution >= 4 is 27.5 Å². The molecule has 5 nitrogen and oxygen atoms in total. The number of carbonyl (C=O) groups excluding carboxylic acids is 1. The maximum Gasteiger partial charge on any atom is 0.226 e. The van der Waals surface area contributed by atoms with Gasteiger partial charge in [0, 0.05) is 23.2 Å². The Morgan fingerprint density at radius 3 is 2.20 bits per heavy atom. The van der Waals surface area contributed by atoms with Gasteiger partial charge in [-0.1, -0.05) is 26.0 Å². The van der Waals surface area contributed by atoms with E-state index in [0.29, 0.717) is 48.2 Å². The van der Waals surface area contributed by atoms with Crippen molar-refractivity contribution in [2.45, 2.75) is 53.4 Å². The van der Waals surface area contributed by atoms with Crippen molar-refractivity contribution in [2.75, 3.05) is 20.2 Å². The van der Waals surface area contributed by atoms with Crippen LogP contribution in [0.3, 0.4) is 0 Å². The Morgan fingerprint density at radius 1 is 1.07 bits per heavy atom. The molecule has 7 heteroatoms. The van der Waals surface area contributed by atoms with Gasteiger partial charge in [-0.3, -0.25) is 4.79 Å². The Balaban J connectivity index is 1.56. The van der Waals surface area contributed by atoms with Gasteiger partial charge < -0.3 is 9.64 Å². The minimum Gasteiger partial charge on any atom is -0.497 e. The summed E-state index contributed by atoms with van der Waals surface area (Å²) in [5, 5.41) is 0.0651. The molecule has 2 aromatic rings. The number of nitrogens with zero attached hydrogens (tertiary/aromatic N) is 1. The van der Waals surface area contributed by atoms with Gasteiger partial charge in [-0.2, -0.15) is 0 Å². The summed E-state index contributed by atoms with van der Waals surface area (Å²) in [6.45, 7) is 5.25. The highest BCUT2D eigenvalue weighted by Crippen LogP contribution is 2.27. The summed E-state index contributed by atoms with van der Waals surface area (Å²) in [5.41, 5.74) is 0.987. The van der Waals surface area contributed by atoms with E-state index in [-0.39, 0.29) is 5.91 Å². The molecule has 162 valence electrons. The van der Waals surface area contributed by atoms with Crippen LogP contribution in [0.1, 0.15) is 32.3 Å². The first-order valence-corrected chi connectivity index (χ1v) is 12.6. The average Bonchev–Trinajstić information content (AvgIpc) is 2.75. The number of thioether (sulfide) groups is 1. The summed E-state index contributed by atoms with van der Waals surface area (Å²) < 4.78 is 30.9. The zero-order chi connectivity index (χ0) is 21.7. The fraction of sp³-hybridized carbons (Fsp3) is 0.435. The van der Waals surface area contributed by atoms with E-state index < -0.39 is 15.1 Å². The standard InChI is InChI=1S/C23H29NO4S2/c1-17(2)29-20-8-4-18(5-9-20)16-23(25)24-14-12-22(13-15-24)30(26,27)21-10-6-19(28-3)7-11-21/h4-11,17,22H,12-16H2,1-3H3. The Kier molecular flexibility index (Phi) is 7.47. The van der Waals surface area contributed by atoms with Crippen LogP contribution in [0.15, 0.2) is 58.3 Å². The normalized spacial score (nSPS) is 15.4. The lowest BCUT2D eigenvalue weighted by Crippen LogP contribution is -2.43. The van der Waals surface area contributed by atoms with Crippen LogP contribution in [-0.4, -0.2) is 49.9 Å². The molecule has 1 aliphatic heterocycles. The van der Waals surface area contributed by atoms with Gasteiger partial charge in [-0.15, -0.1) is 11.8 Å². The second-order valence-corrected chi connectivity index (χ2v) is 11.7. The number of hydrogen-bond donors (Lipinski definition) is 0. The number of ether oxygens (including phenoxy) is 1. The highest BCUT2D eigenvalue weighted by Gasteiger charge is 2.32. The number of carbonyl (C=O) groups is 1. The number of methoxy groups -OCH3 is 1. The first kappa shape index (κ1) is 22.7. The molecular weight excluding hydrogens is 418 g/mol. The number of hydrogen-bond acceptors (Lipinski definition) is 5. The van der Waals surface area contributed by atoms with Gasteiger partial charge in [0.2, 0.25) is 5.91 Å². The molecule has 0 aliphatic carbocycles. The maximum absolute atomic E-state index is 12.9. The number of rotatable bonds is 7. The van der Waals surface area contributed by atoms with Crippen LogP contribution >= 0.6 is 11.8 Å². The summed E-state index contributed by atoms with van der Waals surface area (Å²) in [4.78, 5) is 16.0. The largest absolute Gasteiger partial charge is 0.497 e. The lowest BCUT2D eigenvalue weighted by molar-refractivity contribution is -0.131. The van der Waals surface area contributed by atoms with E-state index in [2.05, 4.69) is 26.0 Å². The maximum atomic E-state index is 12.9. The molecule has 1 heterocycles. The van der Waals surface area contributed by atoms with Crippen LogP contribution in [0.4, 0.5) is 0 Å². The third kappa shape index (κ3) is 5.58. The minimum atomic E-state index is -3.41. The van der Waals surface area contributed by atoms with Crippen molar-refractivity contribution in [1.82, 2.24) is 4.90 Å². The molecule has 1 amide bonds. The smallest absolute Gasteiger partial charge is 0.226 e. The summed E-state index contributed by atoms with van der Waals surface area (Å²) in [7, 11) is -1.85. The van der Waals surface area contributed by atoms with Gasteiger partial charge >= 0.3 is 0 Å². The van der Waals surface area contributed by atoms with Crippen LogP contribution < -0.4 is 4.74 Å². The highest BCUT2D eigenvalue weighted by molar-refractivity contribution is 7.99. The molecule has 0 saturated carbocycles. The lowest BCUT2D eigenvalue weighted by Gasteiger charge is -2.32. The quantitative estimate of drug-likeness (QED) is 0.595. The Labute approximate surface area is 183 Å². The first-order chi connectivity index (χ1) is 14.3. The topological polar surface area (TPSA) is 63.7 Å². The second kappa shape index (κ2) is 9.88. The SMILES string of the molecule is COc1ccc(S(=O)(=O)C2CCN(C(=O)Cc3ccc(SC(C)C)cc3)CC2)cc1. The highest BCUT2D eigenvalue weighted by atomic mass is 32.2. The van der Waals surface area contributed by atoms with Crippen molar-refractivity contribution in [1.29, 1.82) is 0 Å². The van der Waals surface area contributed by atoms with E-state index in [1.54, 1.807) is 48.0 Å². The fourth-order valence-electron chi connectivity index (χ4n) is 3.62. The number of likely N-dealkylation sites (tertiary alicyclic amines) is 1. The summed E-state index contributed by atoms with van der Waals surface area (Å²) in [6.07, 6.45) is 1.27. The van der Waals surface area contributed by atoms with Gasteiger partial charge in [0.15, 0.2) is 9.84 Å². The van der Waals surface area contributed by atoms with Crippen molar-refractivity contribution in [3.63, 3.8) is 0 Å². The minimum absolute atomic E-state index is 0.0551. The van der Waals surface area contributed by atoms with Gasteiger partial charge in [0.25, 0.3) is 0 Å². The molecule has 30 heavy (non-hydrogen) atoms. The first-order valence-electron chi connectivity index (χ1n) is 10.2. The zero-order valence-corrected chi connectivity index (χ0v) is 19.3. The Morgan fingerprint density at radius 2 is 1.67 bits per heavy atom. The van der Waals surface area contributed by atoms with E-state index >= 15 is 0 Å². The predicted molar refractivity (Wildman–Crippen MR) is 121 cm³/mol. The molecule has 1 saturated heterocycles. The van der Waals surface area contributed by atoms with Crippen LogP contribution in [0.2, 0.25) is 0 Å². The summed E-state index contributed by atoms with van der Waals surface area (Å²) >= 11 is 1.80. The third-order valence-electron chi connectivity index (χ3n) is 5.27. The van der Waals surface area contributed by atoms with Crippen LogP contribution in [0.25, 0.3) is 0 Å². The van der Waals surface area contributed by atoms with Gasteiger partial charge in [0.05, 0.1) is 23.7 Å². The van der Waals surface area contributed by atoms with Crippen molar-refractivity contribution in [3.05, 3.63) is 54.1 Å². The van der Waals surface area contributed by atoms with E-state index in [9.17, 15) is 13.2 Å². The van der Waals surface area contributed by atoms with Gasteiger partial charge in [-0.05, 0) is 54.8 Å². The molecule has 0 atom stereocenters. The predicted octanol–water partition coefficient (Wildman–Crippen LogP) is 4.20. The molecule has 1 fully saturated rings. The van der Waals surface area contributed by atoms with E-state index in [1.807, 2.05) is 12.1 Å². The van der Waals surface area contributed by atoms with Gasteiger partial charge in [0.1, 0.15) is 5.75 Å². The molecule has 2 aromatic carbocycles. The van der Waals surface area contributed by atoms with Gasteiger partial charge in [-0.25, -0.2) is 8.42 Å². The van der Waals surface area contributed by atoms with E-state index in [4.69, 9.17) is 4.74 Å². The lowest BCUT2D eigenvalue weighted by atomic mass is 10.1. The number of amides is 1. The average molecular weight is 448 g/mol. The molecule has 0 bridgehead atoms.